The molecule has 4 nitrogen and oxygen atoms in total. The maximum absolute atomic E-state index is 13.3. The maximum atomic E-state index is 13.3. The maximum Gasteiger partial charge on any atom is 0.286 e. The fourth-order valence-corrected chi connectivity index (χ4v) is 4.15. The van der Waals surface area contributed by atoms with Crippen LogP contribution in [-0.4, -0.2) is 21.4 Å². The molecule has 152 valence electrons. The van der Waals surface area contributed by atoms with Gasteiger partial charge >= 0.3 is 0 Å². The zero-order chi connectivity index (χ0) is 21.9. The molecule has 2 aromatic carbocycles. The fourth-order valence-electron chi connectivity index (χ4n) is 2.81. The van der Waals surface area contributed by atoms with E-state index in [0.717, 1.165) is 29.3 Å². The van der Waals surface area contributed by atoms with Gasteiger partial charge in [-0.1, -0.05) is 17.9 Å². The van der Waals surface area contributed by atoms with Crippen molar-refractivity contribution in [2.24, 2.45) is 4.36 Å². The molecule has 0 N–H and O–H groups in total. The summed E-state index contributed by atoms with van der Waals surface area (Å²) < 4.78 is 43.5. The highest BCUT2D eigenvalue weighted by Crippen LogP contribution is 2.17. The monoisotopic (exact) mass is 424 g/mol. The van der Waals surface area contributed by atoms with Crippen LogP contribution in [0.1, 0.15) is 32.6 Å². The first-order valence-electron chi connectivity index (χ1n) is 8.90. The summed E-state index contributed by atoms with van der Waals surface area (Å²) in [6.07, 6.45) is 4.12. The summed E-state index contributed by atoms with van der Waals surface area (Å²) in [7, 11) is -2.95. The van der Waals surface area contributed by atoms with E-state index in [9.17, 15) is 17.8 Å². The summed E-state index contributed by atoms with van der Waals surface area (Å²) in [5.41, 5.74) is 2.48. The zero-order valence-electron chi connectivity index (χ0n) is 16.6. The van der Waals surface area contributed by atoms with Gasteiger partial charge in [0.2, 0.25) is 0 Å². The van der Waals surface area contributed by atoms with E-state index in [0.29, 0.717) is 10.5 Å². The third kappa shape index (κ3) is 5.37. The van der Waals surface area contributed by atoms with E-state index in [2.05, 4.69) is 21.2 Å². The van der Waals surface area contributed by atoms with Crippen LogP contribution in [0.2, 0.25) is 0 Å². The van der Waals surface area contributed by atoms with E-state index in [-0.39, 0.29) is 11.1 Å². The quantitative estimate of drug-likeness (QED) is 0.562. The van der Waals surface area contributed by atoms with Gasteiger partial charge in [0.05, 0.1) is 15.3 Å². The second-order valence-electron chi connectivity index (χ2n) is 6.89. The van der Waals surface area contributed by atoms with E-state index >= 15 is 0 Å². The molecule has 0 spiro atoms. The molecule has 3 aromatic rings. The molecule has 1 amide bonds. The van der Waals surface area contributed by atoms with Crippen molar-refractivity contribution in [1.82, 2.24) is 4.98 Å². The van der Waals surface area contributed by atoms with Crippen molar-refractivity contribution in [2.45, 2.75) is 18.7 Å². The molecular formula is C23H18F2N2O2S. The molecule has 0 bridgehead atoms. The van der Waals surface area contributed by atoms with Gasteiger partial charge in [0.25, 0.3) is 5.91 Å². The molecule has 0 fully saturated rings. The number of carbonyl (C=O) groups excluding carboxylic acids is 1. The highest BCUT2D eigenvalue weighted by Gasteiger charge is 2.13. The van der Waals surface area contributed by atoms with E-state index < -0.39 is 27.3 Å². The van der Waals surface area contributed by atoms with Crippen molar-refractivity contribution in [3.63, 3.8) is 0 Å². The Hall–Kier alpha value is -3.37. The Bertz CT molecular complexity index is 1290. The van der Waals surface area contributed by atoms with E-state index in [4.69, 9.17) is 0 Å². The predicted molar refractivity (Wildman–Crippen MR) is 112 cm³/mol. The first kappa shape index (κ1) is 21.3. The van der Waals surface area contributed by atoms with Crippen molar-refractivity contribution >= 4 is 15.6 Å². The third-order valence-corrected chi connectivity index (χ3v) is 5.71. The summed E-state index contributed by atoms with van der Waals surface area (Å²) in [6.45, 7) is 3.76. The number of nitrogens with zero attached hydrogens (tertiary/aromatic N) is 2. The minimum atomic E-state index is -2.95. The summed E-state index contributed by atoms with van der Waals surface area (Å²) in [4.78, 5) is 17.0. The number of hydrogen-bond acceptors (Lipinski definition) is 3. The average molecular weight is 424 g/mol. The summed E-state index contributed by atoms with van der Waals surface area (Å²) in [5, 5.41) is 0. The van der Waals surface area contributed by atoms with Crippen LogP contribution in [0.25, 0.3) is 0 Å². The van der Waals surface area contributed by atoms with Crippen LogP contribution < -0.4 is 0 Å². The molecule has 3 rings (SSSR count). The van der Waals surface area contributed by atoms with Crippen LogP contribution in [0.5, 0.6) is 0 Å². The van der Waals surface area contributed by atoms with Gasteiger partial charge in [-0.25, -0.2) is 13.0 Å². The lowest BCUT2D eigenvalue weighted by atomic mass is 10.1. The molecule has 7 heteroatoms. The van der Waals surface area contributed by atoms with Gasteiger partial charge in [0, 0.05) is 40.7 Å². The molecule has 0 aliphatic rings. The number of benzene rings is 2. The highest BCUT2D eigenvalue weighted by molar-refractivity contribution is 7.93. The zero-order valence-corrected chi connectivity index (χ0v) is 17.4. The van der Waals surface area contributed by atoms with Gasteiger partial charge in [-0.2, -0.15) is 4.36 Å². The molecule has 0 radical (unpaired) electrons. The second kappa shape index (κ2) is 8.56. The topological polar surface area (TPSA) is 59.4 Å². The minimum Gasteiger partial charge on any atom is -0.266 e. The van der Waals surface area contributed by atoms with Gasteiger partial charge in [-0.3, -0.25) is 9.78 Å². The summed E-state index contributed by atoms with van der Waals surface area (Å²) in [5.74, 6) is 3.19. The van der Waals surface area contributed by atoms with Gasteiger partial charge in [-0.05, 0) is 55.3 Å². The number of aryl methyl sites for hydroxylation is 2. The van der Waals surface area contributed by atoms with Crippen LogP contribution in [0, 0.1) is 37.3 Å². The van der Waals surface area contributed by atoms with Crippen LogP contribution >= 0.6 is 0 Å². The SMILES string of the molecule is Cc1cc(C)cc(S(C)(=O)=NC(=O)c2cncc(C#Cc3cc(F)cc(F)c3)c2)c1. The molecule has 0 aliphatic carbocycles. The molecule has 1 atom stereocenters. The fraction of sp³-hybridized carbons (Fsp3) is 0.130. The number of aromatic nitrogens is 1. The molecule has 1 unspecified atom stereocenters. The van der Waals surface area contributed by atoms with Gasteiger partial charge in [-0.15, -0.1) is 0 Å². The lowest BCUT2D eigenvalue weighted by Crippen LogP contribution is -2.05. The Kier molecular flexibility index (Phi) is 6.09. The standard InChI is InChI=1S/C23H18F2N2O2S/c1-15-6-16(2)8-22(7-15)30(3,29)27-23(28)19-9-18(13-26-14-19)5-4-17-10-20(24)12-21(25)11-17/h6-14H,1-3H3. The number of hydrogen-bond donors (Lipinski definition) is 0. The number of pyridine rings is 1. The smallest absolute Gasteiger partial charge is 0.266 e. The lowest BCUT2D eigenvalue weighted by molar-refractivity contribution is 0.100. The molecular weight excluding hydrogens is 406 g/mol. The van der Waals surface area contributed by atoms with Crippen LogP contribution in [0.4, 0.5) is 8.78 Å². The lowest BCUT2D eigenvalue weighted by Gasteiger charge is -2.07. The normalized spacial score (nSPS) is 12.4. The first-order valence-corrected chi connectivity index (χ1v) is 10.8. The average Bonchev–Trinajstić information content (AvgIpc) is 2.65. The van der Waals surface area contributed by atoms with Crippen molar-refractivity contribution in [2.75, 3.05) is 6.26 Å². The Labute approximate surface area is 174 Å². The second-order valence-corrected chi connectivity index (χ2v) is 9.15. The van der Waals surface area contributed by atoms with Crippen LogP contribution in [0.15, 0.2) is 64.1 Å². The van der Waals surface area contributed by atoms with E-state index in [1.165, 1.54) is 24.7 Å². The Morgan fingerprint density at radius 3 is 2.13 bits per heavy atom. The first-order chi connectivity index (χ1) is 14.1. The van der Waals surface area contributed by atoms with Crippen molar-refractivity contribution in [3.8, 4) is 11.8 Å². The highest BCUT2D eigenvalue weighted by atomic mass is 32.2. The van der Waals surface area contributed by atoms with Crippen LogP contribution in [-0.2, 0) is 9.73 Å². The number of rotatable bonds is 2. The van der Waals surface area contributed by atoms with Gasteiger partial charge in [0.15, 0.2) is 0 Å². The summed E-state index contributed by atoms with van der Waals surface area (Å²) in [6, 6.07) is 9.82. The van der Waals surface area contributed by atoms with E-state index in [1.807, 2.05) is 19.9 Å². The van der Waals surface area contributed by atoms with Crippen molar-refractivity contribution in [3.05, 3.63) is 94.3 Å². The minimum absolute atomic E-state index is 0.117. The Morgan fingerprint density at radius 1 is 0.900 bits per heavy atom. The molecule has 0 aliphatic heterocycles. The molecule has 1 aromatic heterocycles. The van der Waals surface area contributed by atoms with E-state index in [1.54, 1.807) is 12.1 Å². The molecule has 1 heterocycles. The largest absolute Gasteiger partial charge is 0.286 e. The number of amides is 1. The van der Waals surface area contributed by atoms with Gasteiger partial charge < -0.3 is 0 Å². The predicted octanol–water partition coefficient (Wildman–Crippen LogP) is 4.67. The van der Waals surface area contributed by atoms with Gasteiger partial charge in [0.1, 0.15) is 11.6 Å². The van der Waals surface area contributed by atoms with Crippen molar-refractivity contribution < 1.29 is 17.8 Å². The Balaban J connectivity index is 1.92. The Morgan fingerprint density at radius 2 is 1.50 bits per heavy atom. The third-order valence-electron chi connectivity index (χ3n) is 4.09. The number of carbonyl (C=O) groups is 1. The number of halogens is 2. The van der Waals surface area contributed by atoms with Crippen molar-refractivity contribution in [1.29, 1.82) is 0 Å². The molecule has 0 saturated carbocycles. The summed E-state index contributed by atoms with van der Waals surface area (Å²) >= 11 is 0. The van der Waals surface area contributed by atoms with Crippen LogP contribution in [0.3, 0.4) is 0 Å². The molecule has 30 heavy (non-hydrogen) atoms. The molecule has 0 saturated heterocycles.